The van der Waals surface area contributed by atoms with Crippen molar-refractivity contribution >= 4 is 12.0 Å². The molecule has 178 valence electrons. The molecule has 0 bridgehead atoms. The number of benzene rings is 2. The molecule has 0 saturated carbocycles. The Morgan fingerprint density at radius 2 is 1.88 bits per heavy atom. The molecule has 2 amide bonds. The normalized spacial score (nSPS) is 16.0. The Bertz CT molecular complexity index is 932. The maximum absolute atomic E-state index is 13.8. The Hall–Kier alpha value is -3.06. The lowest BCUT2D eigenvalue weighted by Crippen LogP contribution is -2.53. The van der Waals surface area contributed by atoms with Crippen LogP contribution in [0.1, 0.15) is 43.5 Å². The number of carboxylic acid groups (broad SMARTS) is 1. The number of carbonyl (C=O) groups excluding carboxylic acids is 1. The number of methoxy groups -OCH3 is 1. The van der Waals surface area contributed by atoms with E-state index in [9.17, 15) is 14.7 Å². The molecular formula is C26H34N2O5. The molecule has 1 saturated heterocycles. The van der Waals surface area contributed by atoms with Gasteiger partial charge in [0.25, 0.3) is 5.91 Å². The van der Waals surface area contributed by atoms with Crippen LogP contribution in [0.2, 0.25) is 0 Å². The van der Waals surface area contributed by atoms with Crippen molar-refractivity contribution in [3.05, 3.63) is 54.1 Å². The molecule has 0 aromatic heterocycles. The average Bonchev–Trinajstić information content (AvgIpc) is 2.82. The Kier molecular flexibility index (Phi) is 8.72. The van der Waals surface area contributed by atoms with E-state index < -0.39 is 6.09 Å². The molecule has 0 radical (unpaired) electrons. The van der Waals surface area contributed by atoms with E-state index in [2.05, 4.69) is 0 Å². The average molecular weight is 455 g/mol. The van der Waals surface area contributed by atoms with Crippen LogP contribution in [0, 0.1) is 0 Å². The molecule has 0 unspecified atom stereocenters. The maximum atomic E-state index is 13.8. The van der Waals surface area contributed by atoms with Crippen molar-refractivity contribution in [2.45, 2.75) is 45.2 Å². The SMILES string of the molecule is COCCCOc1cc(C(=O)N(C(C)C)[C@@H]2CCCN(C(=O)O)C2)cc(-c2ccccc2)c1. The van der Waals surface area contributed by atoms with Crippen molar-refractivity contribution in [1.29, 1.82) is 0 Å². The van der Waals surface area contributed by atoms with Crippen molar-refractivity contribution in [1.82, 2.24) is 9.80 Å². The number of ether oxygens (including phenoxy) is 2. The van der Waals surface area contributed by atoms with Crippen LogP contribution in [0.25, 0.3) is 11.1 Å². The van der Waals surface area contributed by atoms with E-state index in [0.717, 1.165) is 30.4 Å². The van der Waals surface area contributed by atoms with E-state index in [-0.39, 0.29) is 18.0 Å². The summed E-state index contributed by atoms with van der Waals surface area (Å²) in [6.07, 6.45) is 1.34. The van der Waals surface area contributed by atoms with Gasteiger partial charge in [-0.15, -0.1) is 0 Å². The summed E-state index contributed by atoms with van der Waals surface area (Å²) in [7, 11) is 1.66. The Balaban J connectivity index is 1.92. The monoisotopic (exact) mass is 454 g/mol. The van der Waals surface area contributed by atoms with E-state index in [1.807, 2.05) is 61.2 Å². The Morgan fingerprint density at radius 3 is 2.55 bits per heavy atom. The van der Waals surface area contributed by atoms with E-state index in [1.165, 1.54) is 4.90 Å². The summed E-state index contributed by atoms with van der Waals surface area (Å²) in [6.45, 7) is 5.88. The Morgan fingerprint density at radius 1 is 1.12 bits per heavy atom. The molecule has 1 aliphatic rings. The van der Waals surface area contributed by atoms with E-state index in [0.29, 0.717) is 37.6 Å². The van der Waals surface area contributed by atoms with E-state index in [4.69, 9.17) is 9.47 Å². The fourth-order valence-corrected chi connectivity index (χ4v) is 4.32. The fourth-order valence-electron chi connectivity index (χ4n) is 4.32. The summed E-state index contributed by atoms with van der Waals surface area (Å²) < 4.78 is 11.1. The van der Waals surface area contributed by atoms with Gasteiger partial charge in [-0.2, -0.15) is 0 Å². The van der Waals surface area contributed by atoms with Gasteiger partial charge < -0.3 is 24.4 Å². The first-order valence-corrected chi connectivity index (χ1v) is 11.5. The minimum absolute atomic E-state index is 0.0669. The van der Waals surface area contributed by atoms with Crippen molar-refractivity contribution in [2.24, 2.45) is 0 Å². The van der Waals surface area contributed by atoms with Gasteiger partial charge in [0.15, 0.2) is 0 Å². The van der Waals surface area contributed by atoms with Crippen LogP contribution >= 0.6 is 0 Å². The van der Waals surface area contributed by atoms with Crippen LogP contribution in [-0.2, 0) is 4.74 Å². The third-order valence-electron chi connectivity index (χ3n) is 5.87. The highest BCUT2D eigenvalue weighted by Crippen LogP contribution is 2.29. The summed E-state index contributed by atoms with van der Waals surface area (Å²) in [5, 5.41) is 9.45. The van der Waals surface area contributed by atoms with Gasteiger partial charge in [0.05, 0.1) is 12.6 Å². The summed E-state index contributed by atoms with van der Waals surface area (Å²) >= 11 is 0. The lowest BCUT2D eigenvalue weighted by Gasteiger charge is -2.40. The van der Waals surface area contributed by atoms with Crippen molar-refractivity contribution in [3.63, 3.8) is 0 Å². The van der Waals surface area contributed by atoms with Crippen LogP contribution in [-0.4, -0.2) is 72.4 Å². The second kappa shape index (κ2) is 11.7. The van der Waals surface area contributed by atoms with Crippen molar-refractivity contribution < 1.29 is 24.2 Å². The van der Waals surface area contributed by atoms with Crippen molar-refractivity contribution in [3.8, 4) is 16.9 Å². The molecular weight excluding hydrogens is 420 g/mol. The van der Waals surface area contributed by atoms with Gasteiger partial charge in [0.1, 0.15) is 5.75 Å². The summed E-state index contributed by atoms with van der Waals surface area (Å²) in [5.41, 5.74) is 2.45. The number of piperidine rings is 1. The third kappa shape index (κ3) is 6.48. The number of likely N-dealkylation sites (tertiary alicyclic amines) is 1. The fraction of sp³-hybridized carbons (Fsp3) is 0.462. The van der Waals surface area contributed by atoms with Gasteiger partial charge >= 0.3 is 6.09 Å². The second-order valence-electron chi connectivity index (χ2n) is 8.64. The lowest BCUT2D eigenvalue weighted by molar-refractivity contribution is 0.0449. The number of nitrogens with zero attached hydrogens (tertiary/aromatic N) is 2. The predicted molar refractivity (Wildman–Crippen MR) is 128 cm³/mol. The highest BCUT2D eigenvalue weighted by molar-refractivity contribution is 5.96. The van der Waals surface area contributed by atoms with E-state index in [1.54, 1.807) is 13.2 Å². The molecule has 33 heavy (non-hydrogen) atoms. The molecule has 2 aromatic rings. The van der Waals surface area contributed by atoms with Gasteiger partial charge in [-0.05, 0) is 56.0 Å². The number of amides is 2. The molecule has 0 aliphatic carbocycles. The highest BCUT2D eigenvalue weighted by Gasteiger charge is 2.33. The molecule has 1 aliphatic heterocycles. The van der Waals surface area contributed by atoms with Crippen LogP contribution in [0.3, 0.4) is 0 Å². The zero-order chi connectivity index (χ0) is 23.8. The van der Waals surface area contributed by atoms with Crippen LogP contribution in [0.15, 0.2) is 48.5 Å². The van der Waals surface area contributed by atoms with Crippen molar-refractivity contribution in [2.75, 3.05) is 33.4 Å². The molecule has 1 atom stereocenters. The largest absolute Gasteiger partial charge is 0.493 e. The number of hydrogen-bond acceptors (Lipinski definition) is 4. The molecule has 1 N–H and O–H groups in total. The number of hydrogen-bond donors (Lipinski definition) is 1. The molecule has 1 fully saturated rings. The Labute approximate surface area is 195 Å². The van der Waals surface area contributed by atoms with E-state index >= 15 is 0 Å². The summed E-state index contributed by atoms with van der Waals surface area (Å²) in [4.78, 5) is 28.5. The van der Waals surface area contributed by atoms with Crippen LogP contribution in [0.5, 0.6) is 5.75 Å². The molecule has 1 heterocycles. The first-order chi connectivity index (χ1) is 15.9. The van der Waals surface area contributed by atoms with Gasteiger partial charge in [-0.25, -0.2) is 4.79 Å². The van der Waals surface area contributed by atoms with Crippen LogP contribution in [0.4, 0.5) is 4.79 Å². The zero-order valence-corrected chi connectivity index (χ0v) is 19.7. The van der Waals surface area contributed by atoms with Gasteiger partial charge in [-0.3, -0.25) is 4.79 Å². The summed E-state index contributed by atoms with van der Waals surface area (Å²) in [6, 6.07) is 15.3. The van der Waals surface area contributed by atoms with Crippen LogP contribution < -0.4 is 4.74 Å². The quantitative estimate of drug-likeness (QED) is 0.553. The molecule has 2 aromatic carbocycles. The smallest absolute Gasteiger partial charge is 0.407 e. The molecule has 7 heteroatoms. The third-order valence-corrected chi connectivity index (χ3v) is 5.87. The number of rotatable bonds is 9. The minimum atomic E-state index is -0.936. The molecule has 0 spiro atoms. The lowest BCUT2D eigenvalue weighted by atomic mass is 9.99. The summed E-state index contributed by atoms with van der Waals surface area (Å²) in [5.74, 6) is 0.525. The van der Waals surface area contributed by atoms with Gasteiger partial charge in [-0.1, -0.05) is 30.3 Å². The highest BCUT2D eigenvalue weighted by atomic mass is 16.5. The topological polar surface area (TPSA) is 79.3 Å². The standard InChI is InChI=1S/C26H34N2O5/c1-19(2)28(23-11-7-12-27(18-23)26(30)31)25(29)22-15-21(20-9-5-4-6-10-20)16-24(17-22)33-14-8-13-32-3/h4-6,9-10,15-17,19,23H,7-8,11-14,18H2,1-3H3,(H,30,31)/t23-/m1/s1. The molecule has 7 nitrogen and oxygen atoms in total. The first kappa shape index (κ1) is 24.6. The predicted octanol–water partition coefficient (Wildman–Crippen LogP) is 4.76. The molecule has 3 rings (SSSR count). The minimum Gasteiger partial charge on any atom is -0.493 e. The van der Waals surface area contributed by atoms with Gasteiger partial charge in [0, 0.05) is 44.8 Å². The maximum Gasteiger partial charge on any atom is 0.407 e. The van der Waals surface area contributed by atoms with Gasteiger partial charge in [0.2, 0.25) is 0 Å². The number of carbonyl (C=O) groups is 2. The zero-order valence-electron chi connectivity index (χ0n) is 19.7. The first-order valence-electron chi connectivity index (χ1n) is 11.5. The second-order valence-corrected chi connectivity index (χ2v) is 8.64.